The highest BCUT2D eigenvalue weighted by Gasteiger charge is 2.44. The number of carbonyl (C=O) groups is 1. The van der Waals surface area contributed by atoms with E-state index in [9.17, 15) is 13.2 Å². The van der Waals surface area contributed by atoms with Crippen LogP contribution in [0.15, 0.2) is 30.3 Å². The molecule has 1 fully saturated rings. The third-order valence-electron chi connectivity index (χ3n) is 3.21. The lowest BCUT2D eigenvalue weighted by atomic mass is 10.2. The van der Waals surface area contributed by atoms with E-state index in [0.29, 0.717) is 18.4 Å². The van der Waals surface area contributed by atoms with Crippen molar-refractivity contribution in [3.8, 4) is 6.07 Å². The van der Waals surface area contributed by atoms with Crippen LogP contribution >= 0.6 is 0 Å². The SMILES string of the molecule is N#CC1(NC(=O)CCS(=O)(=O)Cc2ccccc2)CC1. The number of benzene rings is 1. The van der Waals surface area contributed by atoms with E-state index < -0.39 is 15.4 Å². The van der Waals surface area contributed by atoms with E-state index in [1.54, 1.807) is 24.3 Å². The van der Waals surface area contributed by atoms with Crippen LogP contribution in [0.3, 0.4) is 0 Å². The molecule has 1 N–H and O–H groups in total. The number of nitrogens with zero attached hydrogens (tertiary/aromatic N) is 1. The molecule has 1 amide bonds. The van der Waals surface area contributed by atoms with E-state index in [2.05, 4.69) is 5.32 Å². The fourth-order valence-corrected chi connectivity index (χ4v) is 3.21. The van der Waals surface area contributed by atoms with Gasteiger partial charge in [-0.25, -0.2) is 8.42 Å². The molecule has 0 aliphatic heterocycles. The summed E-state index contributed by atoms with van der Waals surface area (Å²) in [5, 5.41) is 11.4. The lowest BCUT2D eigenvalue weighted by Crippen LogP contribution is -2.36. The van der Waals surface area contributed by atoms with Gasteiger partial charge in [0.15, 0.2) is 9.84 Å². The molecule has 20 heavy (non-hydrogen) atoms. The van der Waals surface area contributed by atoms with Crippen LogP contribution in [0.5, 0.6) is 0 Å². The molecule has 0 atom stereocenters. The smallest absolute Gasteiger partial charge is 0.222 e. The molecule has 0 unspecified atom stereocenters. The van der Waals surface area contributed by atoms with Gasteiger partial charge in [-0.15, -0.1) is 0 Å². The van der Waals surface area contributed by atoms with Crippen molar-refractivity contribution in [1.82, 2.24) is 5.32 Å². The third-order valence-corrected chi connectivity index (χ3v) is 4.81. The van der Waals surface area contributed by atoms with Crippen LogP contribution in [0.2, 0.25) is 0 Å². The molecule has 0 bridgehead atoms. The molecule has 1 aliphatic rings. The van der Waals surface area contributed by atoms with E-state index >= 15 is 0 Å². The first kappa shape index (κ1) is 14.5. The highest BCUT2D eigenvalue weighted by atomic mass is 32.2. The Bertz CT molecular complexity index is 628. The Hall–Kier alpha value is -1.87. The first-order chi connectivity index (χ1) is 9.45. The van der Waals surface area contributed by atoms with Gasteiger partial charge in [-0.2, -0.15) is 5.26 Å². The van der Waals surface area contributed by atoms with Gasteiger partial charge in [0, 0.05) is 6.42 Å². The van der Waals surface area contributed by atoms with Crippen molar-refractivity contribution in [2.75, 3.05) is 5.75 Å². The van der Waals surface area contributed by atoms with Gasteiger partial charge >= 0.3 is 0 Å². The summed E-state index contributed by atoms with van der Waals surface area (Å²) in [6, 6.07) is 10.9. The Morgan fingerprint density at radius 3 is 2.50 bits per heavy atom. The molecule has 0 spiro atoms. The summed E-state index contributed by atoms with van der Waals surface area (Å²) in [6.45, 7) is 0. The van der Waals surface area contributed by atoms with Crippen LogP contribution in [0, 0.1) is 11.3 Å². The summed E-state index contributed by atoms with van der Waals surface area (Å²) in [5.74, 6) is -0.639. The monoisotopic (exact) mass is 292 g/mol. The van der Waals surface area contributed by atoms with Gasteiger partial charge in [-0.3, -0.25) is 4.79 Å². The molecule has 2 rings (SSSR count). The standard InChI is InChI=1S/C14H16N2O3S/c15-11-14(7-8-14)16-13(17)6-9-20(18,19)10-12-4-2-1-3-5-12/h1-5H,6-10H2,(H,16,17). The van der Waals surface area contributed by atoms with Crippen molar-refractivity contribution in [1.29, 1.82) is 5.26 Å². The fourth-order valence-electron chi connectivity index (χ4n) is 1.87. The van der Waals surface area contributed by atoms with Crippen molar-refractivity contribution in [3.05, 3.63) is 35.9 Å². The van der Waals surface area contributed by atoms with Crippen molar-refractivity contribution >= 4 is 15.7 Å². The molecule has 1 aliphatic carbocycles. The van der Waals surface area contributed by atoms with Gasteiger partial charge in [-0.05, 0) is 18.4 Å². The highest BCUT2D eigenvalue weighted by molar-refractivity contribution is 7.90. The van der Waals surface area contributed by atoms with Gasteiger partial charge in [0.25, 0.3) is 0 Å². The second-order valence-corrected chi connectivity index (χ2v) is 7.25. The van der Waals surface area contributed by atoms with Gasteiger partial charge in [0.05, 0.1) is 17.6 Å². The van der Waals surface area contributed by atoms with Crippen molar-refractivity contribution in [2.45, 2.75) is 30.6 Å². The summed E-state index contributed by atoms with van der Waals surface area (Å²) < 4.78 is 23.8. The van der Waals surface area contributed by atoms with Gasteiger partial charge in [-0.1, -0.05) is 30.3 Å². The van der Waals surface area contributed by atoms with E-state index in [4.69, 9.17) is 5.26 Å². The molecule has 5 nitrogen and oxygen atoms in total. The average Bonchev–Trinajstić information content (AvgIpc) is 3.18. The Kier molecular flexibility index (Phi) is 4.09. The first-order valence-electron chi connectivity index (χ1n) is 6.41. The molecule has 0 heterocycles. The van der Waals surface area contributed by atoms with Gasteiger partial charge in [0.2, 0.25) is 5.91 Å². The minimum atomic E-state index is -3.32. The van der Waals surface area contributed by atoms with Crippen LogP contribution in [0.1, 0.15) is 24.8 Å². The number of nitrogens with one attached hydrogen (secondary N) is 1. The summed E-state index contributed by atoms with van der Waals surface area (Å²) >= 11 is 0. The average molecular weight is 292 g/mol. The van der Waals surface area contributed by atoms with Crippen LogP contribution in [0.25, 0.3) is 0 Å². The van der Waals surface area contributed by atoms with Crippen molar-refractivity contribution in [2.24, 2.45) is 0 Å². The number of carbonyl (C=O) groups excluding carboxylic acids is 1. The van der Waals surface area contributed by atoms with Crippen molar-refractivity contribution in [3.63, 3.8) is 0 Å². The molecule has 1 aromatic carbocycles. The van der Waals surface area contributed by atoms with E-state index in [1.165, 1.54) is 0 Å². The Labute approximate surface area is 118 Å². The molecule has 1 aromatic rings. The molecule has 0 aromatic heterocycles. The maximum absolute atomic E-state index is 11.9. The van der Waals surface area contributed by atoms with Crippen LogP contribution < -0.4 is 5.32 Å². The maximum Gasteiger partial charge on any atom is 0.222 e. The lowest BCUT2D eigenvalue weighted by Gasteiger charge is -2.09. The quantitative estimate of drug-likeness (QED) is 0.852. The van der Waals surface area contributed by atoms with Crippen LogP contribution in [-0.2, 0) is 20.4 Å². The molecule has 106 valence electrons. The Morgan fingerprint density at radius 1 is 1.30 bits per heavy atom. The van der Waals surface area contributed by atoms with Crippen LogP contribution in [-0.4, -0.2) is 25.6 Å². The highest BCUT2D eigenvalue weighted by Crippen LogP contribution is 2.34. The largest absolute Gasteiger partial charge is 0.338 e. The molecule has 6 heteroatoms. The number of hydrogen-bond donors (Lipinski definition) is 1. The van der Waals surface area contributed by atoms with E-state index in [1.807, 2.05) is 12.1 Å². The van der Waals surface area contributed by atoms with E-state index in [-0.39, 0.29) is 23.8 Å². The second kappa shape index (κ2) is 5.63. The minimum absolute atomic E-state index is 0.0650. The van der Waals surface area contributed by atoms with Crippen molar-refractivity contribution < 1.29 is 13.2 Å². The number of amides is 1. The molecule has 1 saturated carbocycles. The maximum atomic E-state index is 11.9. The first-order valence-corrected chi connectivity index (χ1v) is 8.23. The molecular weight excluding hydrogens is 276 g/mol. The molecule has 0 radical (unpaired) electrons. The summed E-state index contributed by atoms with van der Waals surface area (Å²) in [6.07, 6.45) is 1.19. The van der Waals surface area contributed by atoms with Gasteiger partial charge < -0.3 is 5.32 Å². The minimum Gasteiger partial charge on any atom is -0.338 e. The third kappa shape index (κ3) is 4.07. The zero-order valence-electron chi connectivity index (χ0n) is 11.0. The number of hydrogen-bond acceptors (Lipinski definition) is 4. The topological polar surface area (TPSA) is 87.0 Å². The molecular formula is C14H16N2O3S. The number of nitriles is 1. The Morgan fingerprint density at radius 2 is 1.95 bits per heavy atom. The number of sulfone groups is 1. The number of rotatable bonds is 6. The zero-order chi connectivity index (χ0) is 14.6. The lowest BCUT2D eigenvalue weighted by molar-refractivity contribution is -0.121. The fraction of sp³-hybridized carbons (Fsp3) is 0.429. The summed E-state index contributed by atoms with van der Waals surface area (Å²) in [4.78, 5) is 11.6. The van der Waals surface area contributed by atoms with Crippen LogP contribution in [0.4, 0.5) is 0 Å². The zero-order valence-corrected chi connectivity index (χ0v) is 11.8. The normalized spacial score (nSPS) is 16.1. The van der Waals surface area contributed by atoms with Gasteiger partial charge in [0.1, 0.15) is 5.54 Å². The second-order valence-electron chi connectivity index (χ2n) is 5.07. The predicted molar refractivity (Wildman–Crippen MR) is 74.3 cm³/mol. The Balaban J connectivity index is 1.84. The van der Waals surface area contributed by atoms with E-state index in [0.717, 1.165) is 0 Å². The summed E-state index contributed by atoms with van der Waals surface area (Å²) in [5.41, 5.74) is -0.0242. The predicted octanol–water partition coefficient (Wildman–Crippen LogP) is 1.16. The molecule has 0 saturated heterocycles. The summed E-state index contributed by atoms with van der Waals surface area (Å²) in [7, 11) is -3.32.